The van der Waals surface area contributed by atoms with E-state index >= 15 is 0 Å². The smallest absolute Gasteiger partial charge is 0.352 e. The van der Waals surface area contributed by atoms with E-state index in [1.54, 1.807) is 6.92 Å². The molecular formula is C18H18N2O6S2. The van der Waals surface area contributed by atoms with E-state index in [0.717, 1.165) is 15.9 Å². The topological polar surface area (TPSA) is 113 Å². The molecule has 3 rings (SSSR count). The number of esters is 1. The number of aliphatic carboxylic acids is 1. The highest BCUT2D eigenvalue weighted by Crippen LogP contribution is 2.40. The molecule has 1 fully saturated rings. The number of nitrogens with one attached hydrogen (secondary N) is 1. The van der Waals surface area contributed by atoms with Gasteiger partial charge in [0, 0.05) is 16.7 Å². The summed E-state index contributed by atoms with van der Waals surface area (Å²) >= 11 is 2.79. The molecule has 1 aromatic heterocycles. The van der Waals surface area contributed by atoms with Crippen LogP contribution in [0.15, 0.2) is 40.9 Å². The molecule has 10 heteroatoms. The number of thioether (sulfide) groups is 1. The molecule has 1 aromatic rings. The number of β-lactam (4-membered cyclic amide) rings is 1. The summed E-state index contributed by atoms with van der Waals surface area (Å²) in [5.74, 6) is -2.30. The first-order valence-electron chi connectivity index (χ1n) is 8.50. The van der Waals surface area contributed by atoms with Crippen LogP contribution in [0.4, 0.5) is 0 Å². The highest BCUT2D eigenvalue weighted by Gasteiger charge is 2.53. The van der Waals surface area contributed by atoms with Crippen molar-refractivity contribution in [3.63, 3.8) is 0 Å². The van der Waals surface area contributed by atoms with Crippen molar-refractivity contribution >= 4 is 46.9 Å². The first-order chi connectivity index (χ1) is 13.4. The second kappa shape index (κ2) is 8.61. The number of carbonyl (C=O) groups excluding carboxylic acids is 3. The van der Waals surface area contributed by atoms with Crippen molar-refractivity contribution in [1.29, 1.82) is 0 Å². The summed E-state index contributed by atoms with van der Waals surface area (Å²) < 4.78 is 4.79. The van der Waals surface area contributed by atoms with Gasteiger partial charge in [-0.1, -0.05) is 6.07 Å². The van der Waals surface area contributed by atoms with Crippen LogP contribution in [0, 0.1) is 0 Å². The molecule has 148 valence electrons. The van der Waals surface area contributed by atoms with Crippen molar-refractivity contribution in [2.24, 2.45) is 0 Å². The maximum absolute atomic E-state index is 12.5. The lowest BCUT2D eigenvalue weighted by atomic mass is 10.0. The van der Waals surface area contributed by atoms with Gasteiger partial charge in [-0.05, 0) is 30.0 Å². The minimum absolute atomic E-state index is 0.168. The van der Waals surface area contributed by atoms with E-state index in [4.69, 9.17) is 4.74 Å². The van der Waals surface area contributed by atoms with E-state index in [1.165, 1.54) is 29.2 Å². The molecule has 2 amide bonds. The zero-order valence-corrected chi connectivity index (χ0v) is 16.5. The number of carboxylic acid groups (broad SMARTS) is 1. The number of fused-ring (bicyclic) bond motifs is 1. The van der Waals surface area contributed by atoms with Crippen molar-refractivity contribution < 1.29 is 29.0 Å². The number of hydrogen-bond donors (Lipinski definition) is 2. The number of nitrogens with zero attached hydrogens (tertiary/aromatic N) is 1. The molecule has 0 bridgehead atoms. The van der Waals surface area contributed by atoms with Crippen LogP contribution >= 0.6 is 23.1 Å². The van der Waals surface area contributed by atoms with Crippen molar-refractivity contribution in [3.8, 4) is 0 Å². The fourth-order valence-corrected chi connectivity index (χ4v) is 4.95. The quantitative estimate of drug-likeness (QED) is 0.385. The third-order valence-corrected chi connectivity index (χ3v) is 6.32. The predicted molar refractivity (Wildman–Crippen MR) is 103 cm³/mol. The number of rotatable bonds is 7. The Hall–Kier alpha value is -2.59. The molecule has 28 heavy (non-hydrogen) atoms. The first-order valence-corrected chi connectivity index (χ1v) is 10.4. The van der Waals surface area contributed by atoms with E-state index in [9.17, 15) is 24.3 Å². The normalized spacial score (nSPS) is 21.3. The van der Waals surface area contributed by atoms with Crippen molar-refractivity contribution in [2.75, 3.05) is 12.4 Å². The Morgan fingerprint density at radius 2 is 2.21 bits per heavy atom. The van der Waals surface area contributed by atoms with E-state index in [0.29, 0.717) is 11.3 Å². The third kappa shape index (κ3) is 4.12. The van der Waals surface area contributed by atoms with E-state index in [2.05, 4.69) is 5.32 Å². The van der Waals surface area contributed by atoms with Gasteiger partial charge in [0.15, 0.2) is 0 Å². The Bertz CT molecular complexity index is 861. The maximum Gasteiger partial charge on any atom is 0.352 e. The van der Waals surface area contributed by atoms with Gasteiger partial charge >= 0.3 is 11.9 Å². The molecule has 2 N–H and O–H groups in total. The monoisotopic (exact) mass is 422 g/mol. The van der Waals surface area contributed by atoms with Crippen LogP contribution in [-0.2, 0) is 30.3 Å². The molecule has 2 atom stereocenters. The van der Waals surface area contributed by atoms with Gasteiger partial charge < -0.3 is 15.2 Å². The Morgan fingerprint density at radius 1 is 1.43 bits per heavy atom. The number of ether oxygens (including phenoxy) is 1. The Balaban J connectivity index is 1.71. The van der Waals surface area contributed by atoms with E-state index < -0.39 is 29.3 Å². The van der Waals surface area contributed by atoms with Gasteiger partial charge in [0.25, 0.3) is 5.91 Å². The number of amides is 2. The van der Waals surface area contributed by atoms with Crippen LogP contribution in [0.5, 0.6) is 0 Å². The van der Waals surface area contributed by atoms with Crippen LogP contribution in [-0.4, -0.2) is 57.5 Å². The zero-order valence-electron chi connectivity index (χ0n) is 14.9. The van der Waals surface area contributed by atoms with E-state index in [-0.39, 0.29) is 24.6 Å². The summed E-state index contributed by atoms with van der Waals surface area (Å²) in [5, 5.41) is 13.6. The molecule has 0 spiro atoms. The van der Waals surface area contributed by atoms with E-state index in [1.807, 2.05) is 17.5 Å². The highest BCUT2D eigenvalue weighted by atomic mass is 32.2. The molecule has 0 saturated carbocycles. The fourth-order valence-electron chi connectivity index (χ4n) is 2.93. The molecule has 0 radical (unpaired) electrons. The van der Waals surface area contributed by atoms with Gasteiger partial charge in [-0.3, -0.25) is 14.5 Å². The number of allylic oxidation sites excluding steroid dienone is 1. The largest absolute Gasteiger partial charge is 0.477 e. The third-order valence-electron chi connectivity index (χ3n) is 4.14. The Morgan fingerprint density at radius 3 is 2.86 bits per heavy atom. The van der Waals surface area contributed by atoms with Gasteiger partial charge in [-0.2, -0.15) is 0 Å². The van der Waals surface area contributed by atoms with Crippen LogP contribution in [0.1, 0.15) is 11.8 Å². The highest BCUT2D eigenvalue weighted by molar-refractivity contribution is 8.00. The van der Waals surface area contributed by atoms with Crippen molar-refractivity contribution in [2.45, 2.75) is 24.8 Å². The molecule has 1 saturated heterocycles. The zero-order chi connectivity index (χ0) is 20.3. The van der Waals surface area contributed by atoms with Crippen molar-refractivity contribution in [3.05, 3.63) is 45.8 Å². The van der Waals surface area contributed by atoms with Crippen LogP contribution in [0.3, 0.4) is 0 Å². The average molecular weight is 422 g/mol. The SMILES string of the molecule is CCOC(=O)C=CC1=C(C(=O)O)N2C(=O)C(NC(=O)Cc3cccs3)[C@H]2SC1. The molecule has 0 aliphatic carbocycles. The molecule has 3 heterocycles. The first kappa shape index (κ1) is 20.2. The second-order valence-corrected chi connectivity index (χ2v) is 8.11. The van der Waals surface area contributed by atoms with Gasteiger partial charge in [0.1, 0.15) is 17.1 Å². The predicted octanol–water partition coefficient (Wildman–Crippen LogP) is 1.15. The summed E-state index contributed by atoms with van der Waals surface area (Å²) in [6.45, 7) is 1.88. The van der Waals surface area contributed by atoms with Crippen LogP contribution < -0.4 is 5.32 Å². The summed E-state index contributed by atoms with van der Waals surface area (Å²) in [6.07, 6.45) is 2.68. The lowest BCUT2D eigenvalue weighted by molar-refractivity contribution is -0.150. The van der Waals surface area contributed by atoms with Crippen LogP contribution in [0.2, 0.25) is 0 Å². The molecule has 2 aliphatic heterocycles. The van der Waals surface area contributed by atoms with Crippen molar-refractivity contribution in [1.82, 2.24) is 10.2 Å². The number of carbonyl (C=O) groups is 4. The number of thiophene rings is 1. The molecule has 1 unspecified atom stereocenters. The fraction of sp³-hybridized carbons (Fsp3) is 0.333. The van der Waals surface area contributed by atoms with Gasteiger partial charge in [-0.25, -0.2) is 9.59 Å². The number of carboxylic acids is 1. The standard InChI is InChI=1S/C18H18N2O6S2/c1-2-26-13(22)6-5-10-9-28-17-14(16(23)20(17)15(10)18(24)25)19-12(21)8-11-4-3-7-27-11/h3-7,14,17H,2,8-9H2,1H3,(H,19,21)(H,24,25)/t14?,17-/m1/s1. The molecule has 0 aromatic carbocycles. The van der Waals surface area contributed by atoms with Crippen LogP contribution in [0.25, 0.3) is 0 Å². The summed E-state index contributed by atoms with van der Waals surface area (Å²) in [4.78, 5) is 49.9. The Labute approximate surface area is 169 Å². The maximum atomic E-state index is 12.5. The molecular weight excluding hydrogens is 404 g/mol. The van der Waals surface area contributed by atoms with Gasteiger partial charge in [0.2, 0.25) is 5.91 Å². The lowest BCUT2D eigenvalue weighted by Crippen LogP contribution is -2.70. The minimum atomic E-state index is -1.26. The summed E-state index contributed by atoms with van der Waals surface area (Å²) in [7, 11) is 0. The summed E-state index contributed by atoms with van der Waals surface area (Å²) in [5.41, 5.74) is 0.177. The average Bonchev–Trinajstić information content (AvgIpc) is 3.16. The second-order valence-electron chi connectivity index (χ2n) is 5.98. The Kier molecular flexibility index (Phi) is 6.20. The lowest BCUT2D eigenvalue weighted by Gasteiger charge is -2.49. The molecule has 8 nitrogen and oxygen atoms in total. The van der Waals surface area contributed by atoms with Gasteiger partial charge in [-0.15, -0.1) is 23.1 Å². The minimum Gasteiger partial charge on any atom is -0.477 e. The number of hydrogen-bond acceptors (Lipinski definition) is 7. The summed E-state index contributed by atoms with van der Waals surface area (Å²) in [6, 6.07) is 2.92. The molecule has 2 aliphatic rings. The van der Waals surface area contributed by atoms with Gasteiger partial charge in [0.05, 0.1) is 13.0 Å².